The quantitative estimate of drug-likeness (QED) is 0.299. The summed E-state index contributed by atoms with van der Waals surface area (Å²) in [5.41, 5.74) is 2.82. The third kappa shape index (κ3) is 6.26. The van der Waals surface area contributed by atoms with Crippen molar-refractivity contribution in [2.24, 2.45) is 18.0 Å². The van der Waals surface area contributed by atoms with Crippen LogP contribution in [0.15, 0.2) is 29.0 Å². The molecule has 2 aliphatic rings. The maximum atomic E-state index is 5.37. The third-order valence-corrected chi connectivity index (χ3v) is 4.95. The molecule has 6 nitrogen and oxygen atoms in total. The lowest BCUT2D eigenvalue weighted by molar-refractivity contribution is 0.153. The van der Waals surface area contributed by atoms with Crippen molar-refractivity contribution >= 4 is 29.9 Å². The first-order valence-corrected chi connectivity index (χ1v) is 9.51. The number of ether oxygens (including phenoxy) is 1. The topological polar surface area (TPSA) is 54.7 Å². The SMILES string of the molecule is CCNC(=NCCC1=CCOCC1)N1CCC(Cc2cnn(C)c2)C1.I. The van der Waals surface area contributed by atoms with E-state index in [1.54, 1.807) is 0 Å². The van der Waals surface area contributed by atoms with Crippen LogP contribution in [0, 0.1) is 5.92 Å². The van der Waals surface area contributed by atoms with Gasteiger partial charge in [0.2, 0.25) is 0 Å². The Morgan fingerprint density at radius 3 is 3.04 bits per heavy atom. The van der Waals surface area contributed by atoms with Crippen LogP contribution < -0.4 is 5.32 Å². The van der Waals surface area contributed by atoms with E-state index in [-0.39, 0.29) is 24.0 Å². The average molecular weight is 473 g/mol. The van der Waals surface area contributed by atoms with Crippen LogP contribution >= 0.6 is 24.0 Å². The minimum absolute atomic E-state index is 0. The van der Waals surface area contributed by atoms with Gasteiger partial charge in [0.25, 0.3) is 0 Å². The Morgan fingerprint density at radius 1 is 1.46 bits per heavy atom. The van der Waals surface area contributed by atoms with Crippen LogP contribution in [0.2, 0.25) is 0 Å². The first kappa shape index (κ1) is 21.2. The lowest BCUT2D eigenvalue weighted by Crippen LogP contribution is -2.40. The van der Waals surface area contributed by atoms with Crippen molar-refractivity contribution in [2.75, 3.05) is 39.4 Å². The molecule has 0 aliphatic carbocycles. The molecule has 2 aliphatic heterocycles. The summed E-state index contributed by atoms with van der Waals surface area (Å²) in [6.07, 6.45) is 10.8. The van der Waals surface area contributed by atoms with E-state index in [0.717, 1.165) is 64.6 Å². The summed E-state index contributed by atoms with van der Waals surface area (Å²) in [4.78, 5) is 7.29. The Labute approximate surface area is 174 Å². The zero-order chi connectivity index (χ0) is 17.5. The van der Waals surface area contributed by atoms with Crippen molar-refractivity contribution in [3.05, 3.63) is 29.6 Å². The van der Waals surface area contributed by atoms with Crippen molar-refractivity contribution in [3.63, 3.8) is 0 Å². The van der Waals surface area contributed by atoms with Gasteiger partial charge in [0.05, 0.1) is 19.4 Å². The molecule has 0 aromatic carbocycles. The van der Waals surface area contributed by atoms with E-state index in [1.165, 1.54) is 17.6 Å². The van der Waals surface area contributed by atoms with Crippen molar-refractivity contribution in [3.8, 4) is 0 Å². The Bertz CT molecular complexity index is 613. The smallest absolute Gasteiger partial charge is 0.193 e. The maximum absolute atomic E-state index is 5.37. The van der Waals surface area contributed by atoms with Crippen molar-refractivity contribution in [1.29, 1.82) is 0 Å². The van der Waals surface area contributed by atoms with Crippen molar-refractivity contribution < 1.29 is 4.74 Å². The molecular weight excluding hydrogens is 441 g/mol. The van der Waals surface area contributed by atoms with Gasteiger partial charge in [0, 0.05) is 39.4 Å². The summed E-state index contributed by atoms with van der Waals surface area (Å²) in [5.74, 6) is 1.76. The number of guanidine groups is 1. The normalized spacial score (nSPS) is 20.7. The highest BCUT2D eigenvalue weighted by atomic mass is 127. The summed E-state index contributed by atoms with van der Waals surface area (Å²) in [6, 6.07) is 0. The molecule has 0 bridgehead atoms. The molecule has 1 fully saturated rings. The summed E-state index contributed by atoms with van der Waals surface area (Å²) < 4.78 is 7.26. The Morgan fingerprint density at radius 2 is 2.35 bits per heavy atom. The van der Waals surface area contributed by atoms with E-state index in [1.807, 2.05) is 17.9 Å². The first-order chi connectivity index (χ1) is 12.2. The minimum Gasteiger partial charge on any atom is -0.377 e. The van der Waals surface area contributed by atoms with Crippen LogP contribution in [-0.2, 0) is 18.2 Å². The average Bonchev–Trinajstić information content (AvgIpc) is 3.24. The minimum atomic E-state index is 0. The van der Waals surface area contributed by atoms with Crippen LogP contribution in [0.5, 0.6) is 0 Å². The number of hydrogen-bond donors (Lipinski definition) is 1. The summed E-state index contributed by atoms with van der Waals surface area (Å²) in [5, 5.41) is 7.75. The monoisotopic (exact) mass is 473 g/mol. The highest BCUT2D eigenvalue weighted by Gasteiger charge is 2.25. The molecule has 1 aromatic rings. The number of likely N-dealkylation sites (tertiary alicyclic amines) is 1. The van der Waals surface area contributed by atoms with Crippen molar-refractivity contribution in [1.82, 2.24) is 20.0 Å². The van der Waals surface area contributed by atoms with Gasteiger partial charge in [-0.05, 0) is 44.1 Å². The lowest BCUT2D eigenvalue weighted by atomic mass is 10.0. The summed E-state index contributed by atoms with van der Waals surface area (Å²) in [6.45, 7) is 7.71. The molecule has 1 unspecified atom stereocenters. The molecule has 0 amide bonds. The van der Waals surface area contributed by atoms with Crippen LogP contribution in [0.25, 0.3) is 0 Å². The molecular formula is C19H32IN5O. The fraction of sp³-hybridized carbons (Fsp3) is 0.684. The molecule has 1 saturated heterocycles. The highest BCUT2D eigenvalue weighted by molar-refractivity contribution is 14.0. The number of rotatable bonds is 6. The third-order valence-electron chi connectivity index (χ3n) is 4.95. The van der Waals surface area contributed by atoms with E-state index in [9.17, 15) is 0 Å². The predicted octanol–water partition coefficient (Wildman–Crippen LogP) is 2.60. The number of nitrogens with one attached hydrogen (secondary N) is 1. The van der Waals surface area contributed by atoms with Gasteiger partial charge < -0.3 is 15.0 Å². The first-order valence-electron chi connectivity index (χ1n) is 9.51. The molecule has 26 heavy (non-hydrogen) atoms. The molecule has 1 N–H and O–H groups in total. The van der Waals surface area contributed by atoms with Crippen LogP contribution in [0.3, 0.4) is 0 Å². The molecule has 0 spiro atoms. The zero-order valence-corrected chi connectivity index (χ0v) is 18.3. The molecule has 3 heterocycles. The number of aliphatic imine (C=N–C) groups is 1. The molecule has 146 valence electrons. The summed E-state index contributed by atoms with van der Waals surface area (Å²) >= 11 is 0. The highest BCUT2D eigenvalue weighted by Crippen LogP contribution is 2.21. The standard InChI is InChI=1S/C19H31N5O.HI/c1-3-20-19(21-8-4-16-6-10-25-11-7-16)24-9-5-17(15-24)12-18-13-22-23(2)14-18;/h6,13-14,17H,3-5,7-12,15H2,1-2H3,(H,20,21);1H. The Hall–Kier alpha value is -1.09. The van der Waals surface area contributed by atoms with E-state index in [4.69, 9.17) is 9.73 Å². The number of halogens is 1. The van der Waals surface area contributed by atoms with Crippen LogP contribution in [-0.4, -0.2) is 60.0 Å². The zero-order valence-electron chi connectivity index (χ0n) is 16.0. The van der Waals surface area contributed by atoms with Gasteiger partial charge >= 0.3 is 0 Å². The van der Waals surface area contributed by atoms with Gasteiger partial charge in [-0.2, -0.15) is 5.10 Å². The number of hydrogen-bond acceptors (Lipinski definition) is 3. The molecule has 1 atom stereocenters. The van der Waals surface area contributed by atoms with E-state index < -0.39 is 0 Å². The van der Waals surface area contributed by atoms with E-state index in [2.05, 4.69) is 34.5 Å². The lowest BCUT2D eigenvalue weighted by Gasteiger charge is -2.22. The molecule has 1 aromatic heterocycles. The number of aryl methyl sites for hydroxylation is 1. The molecule has 3 rings (SSSR count). The second-order valence-corrected chi connectivity index (χ2v) is 7.00. The van der Waals surface area contributed by atoms with E-state index in [0.29, 0.717) is 5.92 Å². The van der Waals surface area contributed by atoms with E-state index >= 15 is 0 Å². The van der Waals surface area contributed by atoms with Gasteiger partial charge in [0.1, 0.15) is 0 Å². The maximum Gasteiger partial charge on any atom is 0.193 e. The largest absolute Gasteiger partial charge is 0.377 e. The predicted molar refractivity (Wildman–Crippen MR) is 116 cm³/mol. The Kier molecular flexibility index (Phi) is 8.90. The van der Waals surface area contributed by atoms with Gasteiger partial charge in [0.15, 0.2) is 5.96 Å². The van der Waals surface area contributed by atoms with Gasteiger partial charge in [-0.3, -0.25) is 9.67 Å². The number of nitrogens with zero attached hydrogens (tertiary/aromatic N) is 4. The number of aromatic nitrogens is 2. The second kappa shape index (κ2) is 10.9. The van der Waals surface area contributed by atoms with Crippen molar-refractivity contribution in [2.45, 2.75) is 32.6 Å². The molecule has 7 heteroatoms. The van der Waals surface area contributed by atoms with Gasteiger partial charge in [-0.15, -0.1) is 24.0 Å². The van der Waals surface area contributed by atoms with Crippen LogP contribution in [0.1, 0.15) is 31.7 Å². The van der Waals surface area contributed by atoms with Gasteiger partial charge in [-0.1, -0.05) is 11.6 Å². The molecule has 0 saturated carbocycles. The second-order valence-electron chi connectivity index (χ2n) is 7.00. The van der Waals surface area contributed by atoms with Crippen LogP contribution in [0.4, 0.5) is 0 Å². The fourth-order valence-electron chi connectivity index (χ4n) is 3.63. The molecule has 0 radical (unpaired) electrons. The summed E-state index contributed by atoms with van der Waals surface area (Å²) in [7, 11) is 1.98. The Balaban J connectivity index is 0.00000243. The van der Waals surface area contributed by atoms with Gasteiger partial charge in [-0.25, -0.2) is 0 Å². The fourth-order valence-corrected chi connectivity index (χ4v) is 3.63.